The van der Waals surface area contributed by atoms with Gasteiger partial charge in [-0.25, -0.2) is 0 Å². The van der Waals surface area contributed by atoms with Crippen molar-refractivity contribution in [3.05, 3.63) is 18.0 Å². The molecular formula is C12H21N3. The van der Waals surface area contributed by atoms with Crippen LogP contribution in [0.3, 0.4) is 0 Å². The van der Waals surface area contributed by atoms with Crippen molar-refractivity contribution in [2.75, 3.05) is 7.05 Å². The second kappa shape index (κ2) is 4.35. The first-order valence-corrected chi connectivity index (χ1v) is 5.86. The summed E-state index contributed by atoms with van der Waals surface area (Å²) in [7, 11) is 4.06. The van der Waals surface area contributed by atoms with Crippen LogP contribution in [0.25, 0.3) is 0 Å². The number of aryl methyl sites for hydroxylation is 1. The summed E-state index contributed by atoms with van der Waals surface area (Å²) in [6.45, 7) is 2.36. The van der Waals surface area contributed by atoms with Gasteiger partial charge in [0.05, 0.1) is 5.69 Å². The first-order valence-electron chi connectivity index (χ1n) is 5.86. The highest BCUT2D eigenvalue weighted by molar-refractivity contribution is 5.02. The summed E-state index contributed by atoms with van der Waals surface area (Å²) in [6.07, 6.45) is 5.82. The molecule has 0 bridgehead atoms. The zero-order valence-electron chi connectivity index (χ0n) is 9.90. The minimum absolute atomic E-state index is 0.707. The average molecular weight is 207 g/mol. The average Bonchev–Trinajstić information content (AvgIpc) is 2.76. The highest BCUT2D eigenvalue weighted by Gasteiger charge is 2.31. The smallest absolute Gasteiger partial charge is 0.0627 e. The van der Waals surface area contributed by atoms with E-state index in [0.717, 1.165) is 18.3 Å². The summed E-state index contributed by atoms with van der Waals surface area (Å²) < 4.78 is 1.89. The molecule has 1 aliphatic carbocycles. The van der Waals surface area contributed by atoms with Crippen LogP contribution in [0.2, 0.25) is 0 Å². The van der Waals surface area contributed by atoms with E-state index in [4.69, 9.17) is 0 Å². The van der Waals surface area contributed by atoms with Gasteiger partial charge in [-0.2, -0.15) is 5.10 Å². The van der Waals surface area contributed by atoms with Crippen LogP contribution in [0, 0.1) is 11.8 Å². The van der Waals surface area contributed by atoms with Crippen molar-refractivity contribution in [3.63, 3.8) is 0 Å². The van der Waals surface area contributed by atoms with Gasteiger partial charge in [0.2, 0.25) is 0 Å². The van der Waals surface area contributed by atoms with Gasteiger partial charge in [0, 0.05) is 19.3 Å². The Morgan fingerprint density at radius 3 is 2.87 bits per heavy atom. The predicted molar refractivity (Wildman–Crippen MR) is 61.6 cm³/mol. The number of nitrogens with zero attached hydrogens (tertiary/aromatic N) is 2. The fraction of sp³-hybridized carbons (Fsp3) is 0.750. The van der Waals surface area contributed by atoms with Crippen LogP contribution in [0.4, 0.5) is 0 Å². The van der Waals surface area contributed by atoms with Crippen molar-refractivity contribution in [2.24, 2.45) is 18.9 Å². The molecule has 1 aromatic rings. The van der Waals surface area contributed by atoms with Gasteiger partial charge in [-0.3, -0.25) is 4.68 Å². The van der Waals surface area contributed by atoms with Crippen LogP contribution >= 0.6 is 0 Å². The molecule has 0 radical (unpaired) electrons. The van der Waals surface area contributed by atoms with Gasteiger partial charge in [-0.1, -0.05) is 6.92 Å². The number of nitrogens with one attached hydrogen (secondary N) is 1. The molecule has 0 spiro atoms. The third-order valence-corrected chi connectivity index (χ3v) is 3.84. The Bertz CT molecular complexity index is 318. The van der Waals surface area contributed by atoms with Crippen molar-refractivity contribution in [1.82, 2.24) is 15.1 Å². The predicted octanol–water partition coefficient (Wildman–Crippen LogP) is 1.60. The molecule has 0 aliphatic heterocycles. The van der Waals surface area contributed by atoms with E-state index in [1.165, 1.54) is 18.5 Å². The van der Waals surface area contributed by atoms with E-state index in [2.05, 4.69) is 30.5 Å². The first kappa shape index (κ1) is 10.7. The third-order valence-electron chi connectivity index (χ3n) is 3.84. The molecule has 3 nitrogen and oxygen atoms in total. The van der Waals surface area contributed by atoms with Crippen molar-refractivity contribution >= 4 is 0 Å². The van der Waals surface area contributed by atoms with Gasteiger partial charge in [-0.05, 0) is 44.2 Å². The van der Waals surface area contributed by atoms with Gasteiger partial charge in [0.15, 0.2) is 0 Å². The van der Waals surface area contributed by atoms with E-state index in [-0.39, 0.29) is 0 Å². The van der Waals surface area contributed by atoms with E-state index in [0.29, 0.717) is 6.04 Å². The number of hydrogen-bond donors (Lipinski definition) is 1. The number of aromatic nitrogens is 2. The highest BCUT2D eigenvalue weighted by atomic mass is 15.2. The molecule has 0 aromatic carbocycles. The van der Waals surface area contributed by atoms with Crippen LogP contribution < -0.4 is 5.32 Å². The molecule has 1 N–H and O–H groups in total. The molecule has 3 unspecified atom stereocenters. The summed E-state index contributed by atoms with van der Waals surface area (Å²) in [5.41, 5.74) is 1.24. The minimum Gasteiger partial charge on any atom is -0.317 e. The molecule has 0 saturated heterocycles. The van der Waals surface area contributed by atoms with Crippen molar-refractivity contribution in [2.45, 2.75) is 32.2 Å². The molecule has 15 heavy (non-hydrogen) atoms. The van der Waals surface area contributed by atoms with Gasteiger partial charge in [-0.15, -0.1) is 0 Å². The quantitative estimate of drug-likeness (QED) is 0.816. The van der Waals surface area contributed by atoms with Crippen LogP contribution in [0.1, 0.15) is 25.5 Å². The zero-order chi connectivity index (χ0) is 10.8. The molecule has 84 valence electrons. The maximum absolute atomic E-state index is 4.46. The summed E-state index contributed by atoms with van der Waals surface area (Å²) in [4.78, 5) is 0. The van der Waals surface area contributed by atoms with Crippen molar-refractivity contribution < 1.29 is 0 Å². The van der Waals surface area contributed by atoms with E-state index >= 15 is 0 Å². The van der Waals surface area contributed by atoms with E-state index < -0.39 is 0 Å². The molecular weight excluding hydrogens is 186 g/mol. The Kier molecular flexibility index (Phi) is 3.10. The van der Waals surface area contributed by atoms with Gasteiger partial charge >= 0.3 is 0 Å². The first-order chi connectivity index (χ1) is 7.20. The zero-order valence-corrected chi connectivity index (χ0v) is 9.90. The molecule has 3 atom stereocenters. The topological polar surface area (TPSA) is 29.9 Å². The summed E-state index contributed by atoms with van der Waals surface area (Å²) in [6, 6.07) is 2.85. The standard InChI is InChI=1S/C12H21N3/c1-9-10(4-5-12(9)13-2)8-11-6-7-15(3)14-11/h6-7,9-10,12-13H,4-5,8H2,1-3H3. The summed E-state index contributed by atoms with van der Waals surface area (Å²) in [5, 5.41) is 7.86. The second-order valence-electron chi connectivity index (χ2n) is 4.78. The number of hydrogen-bond acceptors (Lipinski definition) is 2. The Balaban J connectivity index is 1.96. The Hall–Kier alpha value is -0.830. The lowest BCUT2D eigenvalue weighted by Gasteiger charge is -2.19. The van der Waals surface area contributed by atoms with E-state index in [1.54, 1.807) is 0 Å². The Labute approximate surface area is 91.9 Å². The highest BCUT2D eigenvalue weighted by Crippen LogP contribution is 2.33. The van der Waals surface area contributed by atoms with Crippen molar-refractivity contribution in [1.29, 1.82) is 0 Å². The third kappa shape index (κ3) is 2.23. The monoisotopic (exact) mass is 207 g/mol. The molecule has 1 aliphatic rings. The van der Waals surface area contributed by atoms with Gasteiger partial charge < -0.3 is 5.32 Å². The molecule has 3 heteroatoms. The van der Waals surface area contributed by atoms with Crippen LogP contribution in [0.15, 0.2) is 12.3 Å². The van der Waals surface area contributed by atoms with Gasteiger partial charge in [0.25, 0.3) is 0 Å². The fourth-order valence-corrected chi connectivity index (χ4v) is 2.78. The second-order valence-corrected chi connectivity index (χ2v) is 4.78. The SMILES string of the molecule is CNC1CCC(Cc2ccn(C)n2)C1C. The lowest BCUT2D eigenvalue weighted by atomic mass is 9.91. The Morgan fingerprint density at radius 1 is 1.53 bits per heavy atom. The molecule has 1 aromatic heterocycles. The lowest BCUT2D eigenvalue weighted by Crippen LogP contribution is -2.29. The molecule has 1 saturated carbocycles. The Morgan fingerprint density at radius 2 is 2.33 bits per heavy atom. The maximum Gasteiger partial charge on any atom is 0.0627 e. The van der Waals surface area contributed by atoms with Crippen LogP contribution in [-0.2, 0) is 13.5 Å². The molecule has 2 rings (SSSR count). The lowest BCUT2D eigenvalue weighted by molar-refractivity contribution is 0.361. The van der Waals surface area contributed by atoms with E-state index in [9.17, 15) is 0 Å². The van der Waals surface area contributed by atoms with Crippen molar-refractivity contribution in [3.8, 4) is 0 Å². The van der Waals surface area contributed by atoms with E-state index in [1.807, 2.05) is 17.9 Å². The summed E-state index contributed by atoms with van der Waals surface area (Å²) in [5.74, 6) is 1.58. The van der Waals surface area contributed by atoms with Crippen LogP contribution in [0.5, 0.6) is 0 Å². The molecule has 0 amide bonds. The molecule has 1 fully saturated rings. The molecule has 1 heterocycles. The van der Waals surface area contributed by atoms with Gasteiger partial charge in [0.1, 0.15) is 0 Å². The normalized spacial score (nSPS) is 31.0. The van der Waals surface area contributed by atoms with Crippen LogP contribution in [-0.4, -0.2) is 22.9 Å². The number of rotatable bonds is 3. The summed E-state index contributed by atoms with van der Waals surface area (Å²) >= 11 is 0. The minimum atomic E-state index is 0.707. The fourth-order valence-electron chi connectivity index (χ4n) is 2.78. The maximum atomic E-state index is 4.46. The largest absolute Gasteiger partial charge is 0.317 e.